The second kappa shape index (κ2) is 13.4. The zero-order chi connectivity index (χ0) is 27.8. The van der Waals surface area contributed by atoms with Crippen molar-refractivity contribution in [1.82, 2.24) is 5.43 Å². The fourth-order valence-corrected chi connectivity index (χ4v) is 3.84. The Morgan fingerprint density at radius 1 is 0.718 bits per heavy atom. The van der Waals surface area contributed by atoms with E-state index in [-0.39, 0.29) is 16.3 Å². The number of carbonyl (C=O) groups is 2. The Hall–Kier alpha value is -3.75. The third-order valence-corrected chi connectivity index (χ3v) is 5.99. The lowest BCUT2D eigenvalue weighted by Crippen LogP contribution is -2.40. The largest absolute Gasteiger partial charge is 0.446 e. The Balaban J connectivity index is 1.42. The minimum absolute atomic E-state index is 0.166. The van der Waals surface area contributed by atoms with Crippen molar-refractivity contribution in [2.75, 3.05) is 0 Å². The van der Waals surface area contributed by atoms with Crippen LogP contribution in [0.2, 0.25) is 20.1 Å². The van der Waals surface area contributed by atoms with Crippen molar-refractivity contribution in [3.8, 4) is 17.2 Å². The lowest BCUT2D eigenvalue weighted by atomic mass is 10.2. The molecule has 4 aromatic rings. The summed E-state index contributed by atoms with van der Waals surface area (Å²) in [6.45, 7) is 0. The van der Waals surface area contributed by atoms with Gasteiger partial charge in [-0.1, -0.05) is 58.5 Å². The van der Waals surface area contributed by atoms with Crippen LogP contribution in [0.5, 0.6) is 17.2 Å². The number of halogens is 4. The lowest BCUT2D eigenvalue weighted by Gasteiger charge is -2.19. The molecule has 4 aromatic carbocycles. The second-order valence-corrected chi connectivity index (χ2v) is 9.51. The average Bonchev–Trinajstić information content (AvgIpc) is 2.91. The maximum absolute atomic E-state index is 12.9. The van der Waals surface area contributed by atoms with Crippen LogP contribution < -0.4 is 19.6 Å². The highest BCUT2D eigenvalue weighted by Gasteiger charge is 2.23. The first-order chi connectivity index (χ1) is 18.8. The molecule has 0 aliphatic carbocycles. The molecule has 0 fully saturated rings. The van der Waals surface area contributed by atoms with Gasteiger partial charge in [-0.25, -0.2) is 10.2 Å². The average molecular weight is 604 g/mol. The number of hydrazone groups is 1. The maximum atomic E-state index is 12.9. The molecule has 0 saturated carbocycles. The number of ether oxygens (including phenoxy) is 3. The number of amides is 1. The predicted molar refractivity (Wildman–Crippen MR) is 152 cm³/mol. The summed E-state index contributed by atoms with van der Waals surface area (Å²) < 4.78 is 16.8. The minimum Gasteiger partial charge on any atom is -0.446 e. The smallest absolute Gasteiger partial charge is 0.345 e. The Morgan fingerprint density at radius 3 is 1.90 bits per heavy atom. The van der Waals surface area contributed by atoms with Gasteiger partial charge in [0, 0.05) is 15.1 Å². The molecule has 0 heterocycles. The fraction of sp³-hybridized carbons (Fsp3) is 0.0357. The first kappa shape index (κ1) is 28.3. The van der Waals surface area contributed by atoms with E-state index >= 15 is 0 Å². The van der Waals surface area contributed by atoms with Crippen molar-refractivity contribution in [3.05, 3.63) is 122 Å². The van der Waals surface area contributed by atoms with Crippen LogP contribution >= 0.6 is 46.4 Å². The molecule has 0 unspecified atom stereocenters. The summed E-state index contributed by atoms with van der Waals surface area (Å²) in [7, 11) is 0. The van der Waals surface area contributed by atoms with Gasteiger partial charge in [0.15, 0.2) is 0 Å². The van der Waals surface area contributed by atoms with Crippen LogP contribution in [0.4, 0.5) is 0 Å². The van der Waals surface area contributed by atoms with Crippen LogP contribution in [0.1, 0.15) is 15.9 Å². The van der Waals surface area contributed by atoms with Gasteiger partial charge in [0.25, 0.3) is 0 Å². The summed E-state index contributed by atoms with van der Waals surface area (Å²) in [4.78, 5) is 25.4. The van der Waals surface area contributed by atoms with E-state index in [1.807, 2.05) is 0 Å². The predicted octanol–water partition coefficient (Wildman–Crippen LogP) is 7.45. The number of nitrogens with one attached hydrogen (secondary N) is 1. The molecular formula is C28H18Cl4N2O5. The van der Waals surface area contributed by atoms with Crippen LogP contribution in [-0.4, -0.2) is 24.4 Å². The first-order valence-corrected chi connectivity index (χ1v) is 12.7. The normalized spacial score (nSPS) is 10.9. The van der Waals surface area contributed by atoms with E-state index in [2.05, 4.69) is 10.5 Å². The van der Waals surface area contributed by atoms with Gasteiger partial charge in [-0.05, 0) is 84.4 Å². The Labute approximate surface area is 243 Å². The topological polar surface area (TPSA) is 86.2 Å². The van der Waals surface area contributed by atoms with Crippen LogP contribution in [0.3, 0.4) is 0 Å². The Morgan fingerprint density at radius 2 is 1.31 bits per heavy atom. The third kappa shape index (κ3) is 8.37. The highest BCUT2D eigenvalue weighted by Crippen LogP contribution is 2.24. The minimum atomic E-state index is -1.39. The molecule has 0 bridgehead atoms. The molecule has 0 spiro atoms. The quantitative estimate of drug-likeness (QED) is 0.0706. The van der Waals surface area contributed by atoms with Gasteiger partial charge in [-0.3, -0.25) is 4.79 Å². The summed E-state index contributed by atoms with van der Waals surface area (Å²) in [6, 6.07) is 23.8. The molecule has 0 aromatic heterocycles. The van der Waals surface area contributed by atoms with E-state index in [0.717, 1.165) is 0 Å². The zero-order valence-electron chi connectivity index (χ0n) is 19.8. The van der Waals surface area contributed by atoms with E-state index in [0.29, 0.717) is 32.1 Å². The SMILES string of the molecule is O=C(Oc1cccc(/C=N\NC(=O)C(Oc2ccc(Cl)cc2)Oc2ccc(Cl)cc2)c1)c1ccc(Cl)cc1Cl. The molecule has 1 amide bonds. The van der Waals surface area contributed by atoms with E-state index in [9.17, 15) is 9.59 Å². The van der Waals surface area contributed by atoms with E-state index in [1.54, 1.807) is 72.8 Å². The number of carbonyl (C=O) groups excluding carboxylic acids is 2. The first-order valence-electron chi connectivity index (χ1n) is 11.2. The van der Waals surface area contributed by atoms with Crippen molar-refractivity contribution in [3.63, 3.8) is 0 Å². The van der Waals surface area contributed by atoms with Crippen molar-refractivity contribution < 1.29 is 23.8 Å². The van der Waals surface area contributed by atoms with Crippen LogP contribution in [0.25, 0.3) is 0 Å². The number of hydrogen-bond acceptors (Lipinski definition) is 6. The zero-order valence-corrected chi connectivity index (χ0v) is 22.8. The summed E-state index contributed by atoms with van der Waals surface area (Å²) in [5, 5.41) is 5.56. The van der Waals surface area contributed by atoms with E-state index in [4.69, 9.17) is 60.6 Å². The molecular weight excluding hydrogens is 586 g/mol. The van der Waals surface area contributed by atoms with Crippen molar-refractivity contribution in [2.24, 2.45) is 5.10 Å². The standard InChI is InChI=1S/C28H18Cl4N2O5/c29-18-4-9-21(10-5-18)38-28(39-22-11-6-19(30)7-12-22)26(35)34-33-16-17-2-1-3-23(14-17)37-27(36)24-13-8-20(31)15-25(24)32/h1-16,28H,(H,34,35)/b33-16-. The number of esters is 1. The lowest BCUT2D eigenvalue weighted by molar-refractivity contribution is -0.140. The molecule has 0 aliphatic rings. The number of hydrogen-bond donors (Lipinski definition) is 1. The van der Waals surface area contributed by atoms with Gasteiger partial charge in [0.05, 0.1) is 16.8 Å². The van der Waals surface area contributed by atoms with Gasteiger partial charge < -0.3 is 14.2 Å². The molecule has 11 heteroatoms. The Kier molecular flexibility index (Phi) is 9.68. The number of nitrogens with zero attached hydrogens (tertiary/aromatic N) is 1. The third-order valence-electron chi connectivity index (χ3n) is 4.94. The van der Waals surface area contributed by atoms with Crippen molar-refractivity contribution in [2.45, 2.75) is 6.29 Å². The van der Waals surface area contributed by atoms with E-state index in [1.165, 1.54) is 24.4 Å². The van der Waals surface area contributed by atoms with Gasteiger partial charge >= 0.3 is 18.2 Å². The molecule has 0 radical (unpaired) electrons. The molecule has 7 nitrogen and oxygen atoms in total. The Bertz CT molecular complexity index is 1450. The molecule has 1 N–H and O–H groups in total. The monoisotopic (exact) mass is 602 g/mol. The highest BCUT2D eigenvalue weighted by atomic mass is 35.5. The van der Waals surface area contributed by atoms with Crippen molar-refractivity contribution in [1.29, 1.82) is 0 Å². The molecule has 4 rings (SSSR count). The van der Waals surface area contributed by atoms with Gasteiger partial charge in [0.2, 0.25) is 0 Å². The van der Waals surface area contributed by atoms with E-state index < -0.39 is 18.2 Å². The second-order valence-electron chi connectivity index (χ2n) is 7.80. The van der Waals surface area contributed by atoms with Crippen LogP contribution in [0, 0.1) is 0 Å². The van der Waals surface area contributed by atoms with Gasteiger partial charge in [0.1, 0.15) is 17.2 Å². The highest BCUT2D eigenvalue weighted by molar-refractivity contribution is 6.36. The van der Waals surface area contributed by atoms with Gasteiger partial charge in [-0.2, -0.15) is 5.10 Å². The summed E-state index contributed by atoms with van der Waals surface area (Å²) in [5.74, 6) is -0.381. The number of benzene rings is 4. The molecule has 0 saturated heterocycles. The fourth-order valence-electron chi connectivity index (χ4n) is 3.10. The van der Waals surface area contributed by atoms with Crippen molar-refractivity contribution >= 4 is 64.5 Å². The summed E-state index contributed by atoms with van der Waals surface area (Å²) in [6.07, 6.45) is -0.0208. The molecule has 0 aliphatic heterocycles. The van der Waals surface area contributed by atoms with Gasteiger partial charge in [-0.15, -0.1) is 0 Å². The molecule has 39 heavy (non-hydrogen) atoms. The molecule has 198 valence electrons. The molecule has 0 atom stereocenters. The summed E-state index contributed by atoms with van der Waals surface area (Å²) >= 11 is 23.8. The van der Waals surface area contributed by atoms with Crippen LogP contribution in [0.15, 0.2) is 96.1 Å². The summed E-state index contributed by atoms with van der Waals surface area (Å²) in [5.41, 5.74) is 3.09. The number of rotatable bonds is 9. The van der Waals surface area contributed by atoms with Crippen LogP contribution in [-0.2, 0) is 4.79 Å². The maximum Gasteiger partial charge on any atom is 0.345 e.